The molecule has 2 rings (SSSR count). The average molecular weight is 404 g/mol. The van der Waals surface area contributed by atoms with Crippen LogP contribution >= 0.6 is 0 Å². The maximum atomic E-state index is 11.8. The predicted octanol–water partition coefficient (Wildman–Crippen LogP) is 4.54. The van der Waals surface area contributed by atoms with Gasteiger partial charge < -0.3 is 10.6 Å². The van der Waals surface area contributed by atoms with Crippen molar-refractivity contribution in [2.45, 2.75) is 12.9 Å². The lowest BCUT2D eigenvalue weighted by molar-refractivity contribution is -0.385. The fourth-order valence-electron chi connectivity index (χ4n) is 1.79. The second-order valence-electron chi connectivity index (χ2n) is 5.15. The van der Waals surface area contributed by atoms with E-state index in [2.05, 4.69) is 10.6 Å². The second-order valence-corrected chi connectivity index (χ2v) is 5.15. The summed E-state index contributed by atoms with van der Waals surface area (Å²) in [5.74, 6) is 0. The van der Waals surface area contributed by atoms with Gasteiger partial charge in [0, 0.05) is 35.6 Å². The SMILES string of the molecule is O=[N+]([O-])c1ccc(NCC(F)F)cc1.O=[N+]([O-])c1ccc(NCC(F)F)cc1. The molecular weight excluding hydrogens is 388 g/mol. The first-order valence-electron chi connectivity index (χ1n) is 7.72. The van der Waals surface area contributed by atoms with Gasteiger partial charge in [-0.2, -0.15) is 0 Å². The Balaban J connectivity index is 0.000000280. The van der Waals surface area contributed by atoms with Crippen molar-refractivity contribution in [1.82, 2.24) is 0 Å². The van der Waals surface area contributed by atoms with E-state index in [-0.39, 0.29) is 11.4 Å². The number of non-ortho nitro benzene ring substituents is 2. The smallest absolute Gasteiger partial charge is 0.269 e. The molecule has 0 unspecified atom stereocenters. The number of hydrogen-bond acceptors (Lipinski definition) is 6. The van der Waals surface area contributed by atoms with Gasteiger partial charge in [0.05, 0.1) is 22.9 Å². The zero-order valence-corrected chi connectivity index (χ0v) is 14.2. The van der Waals surface area contributed by atoms with Crippen LogP contribution in [0.25, 0.3) is 0 Å². The Bertz CT molecular complexity index is 693. The number of nitro groups is 2. The molecule has 12 heteroatoms. The molecule has 0 spiro atoms. The maximum absolute atomic E-state index is 11.8. The van der Waals surface area contributed by atoms with Crippen LogP contribution in [-0.4, -0.2) is 35.8 Å². The van der Waals surface area contributed by atoms with Crippen LogP contribution in [0.15, 0.2) is 48.5 Å². The first-order chi connectivity index (χ1) is 13.2. The number of anilines is 2. The fraction of sp³-hybridized carbons (Fsp3) is 0.250. The van der Waals surface area contributed by atoms with Crippen LogP contribution < -0.4 is 10.6 Å². The number of benzene rings is 2. The summed E-state index contributed by atoms with van der Waals surface area (Å²) < 4.78 is 47.0. The minimum Gasteiger partial charge on any atom is -0.379 e. The van der Waals surface area contributed by atoms with Gasteiger partial charge >= 0.3 is 0 Å². The third-order valence-electron chi connectivity index (χ3n) is 3.08. The molecule has 2 aromatic carbocycles. The average Bonchev–Trinajstić information content (AvgIpc) is 2.65. The van der Waals surface area contributed by atoms with Gasteiger partial charge in [-0.25, -0.2) is 17.6 Å². The lowest BCUT2D eigenvalue weighted by Crippen LogP contribution is -2.09. The summed E-state index contributed by atoms with van der Waals surface area (Å²) in [6.45, 7) is -0.921. The van der Waals surface area contributed by atoms with Crippen molar-refractivity contribution in [2.24, 2.45) is 0 Å². The predicted molar refractivity (Wildman–Crippen MR) is 95.2 cm³/mol. The van der Waals surface area contributed by atoms with E-state index in [0.29, 0.717) is 11.4 Å². The van der Waals surface area contributed by atoms with Gasteiger partial charge in [0.1, 0.15) is 0 Å². The maximum Gasteiger partial charge on any atom is 0.269 e. The molecule has 0 aliphatic rings. The highest BCUT2D eigenvalue weighted by Gasteiger charge is 2.06. The Labute approximate surface area is 156 Å². The lowest BCUT2D eigenvalue weighted by Gasteiger charge is -2.04. The van der Waals surface area contributed by atoms with Crippen molar-refractivity contribution >= 4 is 22.7 Å². The van der Waals surface area contributed by atoms with E-state index in [0.717, 1.165) is 0 Å². The lowest BCUT2D eigenvalue weighted by atomic mass is 10.3. The van der Waals surface area contributed by atoms with E-state index < -0.39 is 35.8 Å². The molecule has 0 heterocycles. The van der Waals surface area contributed by atoms with Crippen LogP contribution in [0.4, 0.5) is 40.3 Å². The van der Waals surface area contributed by atoms with Gasteiger partial charge in [0.2, 0.25) is 0 Å². The number of alkyl halides is 4. The van der Waals surface area contributed by atoms with Crippen LogP contribution in [0.1, 0.15) is 0 Å². The van der Waals surface area contributed by atoms with Crippen LogP contribution in [0.3, 0.4) is 0 Å². The summed E-state index contributed by atoms with van der Waals surface area (Å²) in [6.07, 6.45) is -4.88. The topological polar surface area (TPSA) is 110 Å². The Morgan fingerprint density at radius 3 is 1.18 bits per heavy atom. The number of halogens is 4. The number of nitrogens with zero attached hydrogens (tertiary/aromatic N) is 2. The molecule has 2 N–H and O–H groups in total. The molecule has 0 saturated heterocycles. The van der Waals surface area contributed by atoms with Crippen molar-refractivity contribution < 1.29 is 27.4 Å². The van der Waals surface area contributed by atoms with E-state index >= 15 is 0 Å². The van der Waals surface area contributed by atoms with Crippen LogP contribution in [-0.2, 0) is 0 Å². The van der Waals surface area contributed by atoms with Gasteiger partial charge in [0.25, 0.3) is 24.2 Å². The molecule has 152 valence electrons. The van der Waals surface area contributed by atoms with E-state index in [4.69, 9.17) is 0 Å². The summed E-state index contributed by atoms with van der Waals surface area (Å²) >= 11 is 0. The first-order valence-corrected chi connectivity index (χ1v) is 7.72. The zero-order chi connectivity index (χ0) is 21.1. The molecule has 8 nitrogen and oxygen atoms in total. The monoisotopic (exact) mass is 404 g/mol. The van der Waals surface area contributed by atoms with Crippen molar-refractivity contribution in [3.8, 4) is 0 Å². The highest BCUT2D eigenvalue weighted by molar-refractivity contribution is 5.49. The molecule has 0 aliphatic carbocycles. The summed E-state index contributed by atoms with van der Waals surface area (Å²) in [7, 11) is 0. The van der Waals surface area contributed by atoms with Crippen molar-refractivity contribution in [3.05, 3.63) is 68.8 Å². The molecule has 0 saturated carbocycles. The minimum absolute atomic E-state index is 0.0624. The minimum atomic E-state index is -2.44. The molecule has 28 heavy (non-hydrogen) atoms. The van der Waals surface area contributed by atoms with Crippen molar-refractivity contribution in [3.63, 3.8) is 0 Å². The van der Waals surface area contributed by atoms with E-state index in [9.17, 15) is 37.8 Å². The summed E-state index contributed by atoms with van der Waals surface area (Å²) in [5, 5.41) is 25.4. The van der Waals surface area contributed by atoms with Crippen LogP contribution in [0.2, 0.25) is 0 Å². The molecule has 0 bridgehead atoms. The number of hydrogen-bond donors (Lipinski definition) is 2. The van der Waals surface area contributed by atoms with Gasteiger partial charge in [-0.05, 0) is 24.3 Å². The molecule has 2 aromatic rings. The number of rotatable bonds is 8. The van der Waals surface area contributed by atoms with Crippen LogP contribution in [0, 0.1) is 20.2 Å². The first kappa shape index (κ1) is 22.6. The molecule has 0 amide bonds. The summed E-state index contributed by atoms with van der Waals surface area (Å²) in [5.41, 5.74) is 0.756. The molecule has 0 radical (unpaired) electrons. The van der Waals surface area contributed by atoms with Crippen molar-refractivity contribution in [2.75, 3.05) is 23.7 Å². The van der Waals surface area contributed by atoms with Gasteiger partial charge in [0.15, 0.2) is 0 Å². The molecule has 0 atom stereocenters. The second kappa shape index (κ2) is 11.3. The highest BCUT2D eigenvalue weighted by atomic mass is 19.3. The van der Waals surface area contributed by atoms with E-state index in [1.165, 1.54) is 48.5 Å². The van der Waals surface area contributed by atoms with Gasteiger partial charge in [-0.1, -0.05) is 0 Å². The van der Waals surface area contributed by atoms with Crippen LogP contribution in [0.5, 0.6) is 0 Å². The molecular formula is C16H16F4N4O4. The molecule has 0 aliphatic heterocycles. The van der Waals surface area contributed by atoms with Gasteiger partial charge in [-0.3, -0.25) is 20.2 Å². The fourth-order valence-corrected chi connectivity index (χ4v) is 1.79. The largest absolute Gasteiger partial charge is 0.379 e. The Kier molecular flexibility index (Phi) is 9.13. The molecule has 0 aromatic heterocycles. The number of nitrogens with one attached hydrogen (secondary N) is 2. The van der Waals surface area contributed by atoms with Crippen molar-refractivity contribution in [1.29, 1.82) is 0 Å². The zero-order valence-electron chi connectivity index (χ0n) is 14.2. The summed E-state index contributed by atoms with van der Waals surface area (Å²) in [6, 6.07) is 10.6. The Hall–Kier alpha value is -3.44. The van der Waals surface area contributed by atoms with Gasteiger partial charge in [-0.15, -0.1) is 0 Å². The third-order valence-corrected chi connectivity index (χ3v) is 3.08. The third kappa shape index (κ3) is 8.78. The van der Waals surface area contributed by atoms with E-state index in [1.807, 2.05) is 0 Å². The number of nitro benzene ring substituents is 2. The molecule has 0 fully saturated rings. The Morgan fingerprint density at radius 1 is 0.679 bits per heavy atom. The Morgan fingerprint density at radius 2 is 0.964 bits per heavy atom. The van der Waals surface area contributed by atoms with E-state index in [1.54, 1.807) is 0 Å². The standard InChI is InChI=1S/2C8H8F2N2O2/c2*9-8(10)5-11-6-1-3-7(4-2-6)12(13)14/h2*1-4,8,11H,5H2. The highest BCUT2D eigenvalue weighted by Crippen LogP contribution is 2.16. The quantitative estimate of drug-likeness (QED) is 0.380. The normalized spacial score (nSPS) is 10.2. The summed E-state index contributed by atoms with van der Waals surface area (Å²) in [4.78, 5) is 19.4.